The van der Waals surface area contributed by atoms with Crippen LogP contribution in [0.15, 0.2) is 42.5 Å². The summed E-state index contributed by atoms with van der Waals surface area (Å²) >= 11 is 0. The van der Waals surface area contributed by atoms with Crippen molar-refractivity contribution in [3.63, 3.8) is 0 Å². The minimum absolute atomic E-state index is 0. The van der Waals surface area contributed by atoms with E-state index in [4.69, 9.17) is 5.73 Å². The number of nitrogens with two attached hydrogens (primary N) is 1. The first-order valence-corrected chi connectivity index (χ1v) is 11.8. The highest BCUT2D eigenvalue weighted by atomic mass is 35.5. The van der Waals surface area contributed by atoms with Crippen LogP contribution in [0.4, 0.5) is 0 Å². The molecule has 1 unspecified atom stereocenters. The second-order valence-electron chi connectivity index (χ2n) is 9.99. The van der Waals surface area contributed by atoms with E-state index < -0.39 is 29.5 Å². The van der Waals surface area contributed by atoms with Gasteiger partial charge < -0.3 is 26.4 Å². The van der Waals surface area contributed by atoms with Gasteiger partial charge in [0, 0.05) is 31.5 Å². The fourth-order valence-electron chi connectivity index (χ4n) is 4.22. The molecule has 2 aromatic carbocycles. The van der Waals surface area contributed by atoms with Crippen LogP contribution in [0.3, 0.4) is 0 Å². The maximum absolute atomic E-state index is 13.2. The van der Waals surface area contributed by atoms with Gasteiger partial charge in [0.25, 0.3) is 0 Å². The molecule has 1 saturated heterocycles. The van der Waals surface area contributed by atoms with Crippen LogP contribution in [-0.4, -0.2) is 65.5 Å². The highest BCUT2D eigenvalue weighted by molar-refractivity contribution is 5.93. The zero-order valence-electron chi connectivity index (χ0n) is 20.6. The Balaban J connectivity index is 0.00000432. The molecule has 3 rings (SSSR count). The number of aliphatic hydroxyl groups excluding tert-OH is 1. The van der Waals surface area contributed by atoms with E-state index in [0.29, 0.717) is 13.0 Å². The van der Waals surface area contributed by atoms with Gasteiger partial charge in [0.2, 0.25) is 17.7 Å². The first kappa shape index (κ1) is 28.6. The Labute approximate surface area is 213 Å². The molecule has 0 saturated carbocycles. The number of carbonyl (C=O) groups excluding carboxylic acids is 3. The van der Waals surface area contributed by atoms with Gasteiger partial charge in [0.15, 0.2) is 0 Å². The number of likely N-dealkylation sites (tertiary alicyclic amines) is 1. The molecular weight excluding hydrogens is 468 g/mol. The van der Waals surface area contributed by atoms with Gasteiger partial charge in [0.05, 0.1) is 6.10 Å². The summed E-state index contributed by atoms with van der Waals surface area (Å²) in [6.07, 6.45) is 0.713. The topological polar surface area (TPSA) is 125 Å². The van der Waals surface area contributed by atoms with Crippen LogP contribution in [0.2, 0.25) is 0 Å². The van der Waals surface area contributed by atoms with Crippen LogP contribution in [0.5, 0.6) is 0 Å². The molecule has 9 heteroatoms. The summed E-state index contributed by atoms with van der Waals surface area (Å²) < 4.78 is 0. The maximum atomic E-state index is 13.2. The number of nitrogens with zero attached hydrogens (tertiary/aromatic N) is 1. The van der Waals surface area contributed by atoms with Gasteiger partial charge in [-0.05, 0) is 29.2 Å². The molecule has 8 nitrogen and oxygen atoms in total. The van der Waals surface area contributed by atoms with Gasteiger partial charge in [-0.1, -0.05) is 63.2 Å². The molecule has 0 radical (unpaired) electrons. The molecule has 1 fully saturated rings. The summed E-state index contributed by atoms with van der Waals surface area (Å²) in [5.41, 5.74) is 5.75. The van der Waals surface area contributed by atoms with E-state index in [1.165, 1.54) is 0 Å². The number of hydrogen-bond donors (Lipinski definition) is 4. The number of fused-ring (bicyclic) bond motifs is 1. The highest BCUT2D eigenvalue weighted by Crippen LogP contribution is 2.26. The van der Waals surface area contributed by atoms with Gasteiger partial charge in [-0.15, -0.1) is 12.4 Å². The highest BCUT2D eigenvalue weighted by Gasteiger charge is 2.39. The molecular formula is C26H37ClN4O4. The second kappa shape index (κ2) is 12.3. The molecule has 0 aliphatic carbocycles. The Kier molecular flexibility index (Phi) is 10.1. The Morgan fingerprint density at radius 3 is 2.49 bits per heavy atom. The number of rotatable bonds is 8. The lowest BCUT2D eigenvalue weighted by molar-refractivity contribution is -0.145. The molecule has 0 bridgehead atoms. The molecule has 0 aromatic heterocycles. The van der Waals surface area contributed by atoms with E-state index in [0.717, 1.165) is 22.8 Å². The molecule has 3 atom stereocenters. The third-order valence-electron chi connectivity index (χ3n) is 6.13. The summed E-state index contributed by atoms with van der Waals surface area (Å²) in [7, 11) is 0. The van der Waals surface area contributed by atoms with Crippen molar-refractivity contribution < 1.29 is 19.5 Å². The number of hydrogen-bond acceptors (Lipinski definition) is 5. The summed E-state index contributed by atoms with van der Waals surface area (Å²) in [5.74, 6) is -0.817. The van der Waals surface area contributed by atoms with Crippen LogP contribution in [0.1, 0.15) is 39.2 Å². The predicted molar refractivity (Wildman–Crippen MR) is 139 cm³/mol. The summed E-state index contributed by atoms with van der Waals surface area (Å²) in [6.45, 7) is 6.05. The van der Waals surface area contributed by atoms with Crippen molar-refractivity contribution in [3.05, 3.63) is 48.0 Å². The van der Waals surface area contributed by atoms with Crippen molar-refractivity contribution in [2.45, 2.75) is 58.2 Å². The van der Waals surface area contributed by atoms with Gasteiger partial charge in [0.1, 0.15) is 12.1 Å². The van der Waals surface area contributed by atoms with E-state index in [-0.39, 0.29) is 43.7 Å². The number of halogens is 1. The SMILES string of the molecule is CC(C)(C)C(=O)N1CCC[C@H]1C(=O)N[C@H](Cc1ccc2ccccc2c1)C(=O)NCC(O)CN.Cl. The zero-order valence-corrected chi connectivity index (χ0v) is 21.4. The molecule has 1 aliphatic heterocycles. The Morgan fingerprint density at radius 1 is 1.14 bits per heavy atom. The molecule has 3 amide bonds. The smallest absolute Gasteiger partial charge is 0.243 e. The predicted octanol–water partition coefficient (Wildman–Crippen LogP) is 1.76. The van der Waals surface area contributed by atoms with Crippen molar-refractivity contribution in [3.8, 4) is 0 Å². The number of amides is 3. The second-order valence-corrected chi connectivity index (χ2v) is 9.99. The van der Waals surface area contributed by atoms with E-state index >= 15 is 0 Å². The summed E-state index contributed by atoms with van der Waals surface area (Å²) in [6, 6.07) is 12.4. The fourth-order valence-corrected chi connectivity index (χ4v) is 4.22. The van der Waals surface area contributed by atoms with Crippen molar-refractivity contribution in [1.82, 2.24) is 15.5 Å². The average Bonchev–Trinajstić information content (AvgIpc) is 3.30. The molecule has 1 aliphatic rings. The third-order valence-corrected chi connectivity index (χ3v) is 6.13. The first-order chi connectivity index (χ1) is 16.1. The molecule has 35 heavy (non-hydrogen) atoms. The van der Waals surface area contributed by atoms with Gasteiger partial charge in [-0.3, -0.25) is 14.4 Å². The van der Waals surface area contributed by atoms with E-state index in [2.05, 4.69) is 10.6 Å². The Bertz CT molecular complexity index is 1040. The average molecular weight is 505 g/mol. The number of nitrogens with one attached hydrogen (secondary N) is 2. The maximum Gasteiger partial charge on any atom is 0.243 e. The fraction of sp³-hybridized carbons (Fsp3) is 0.500. The van der Waals surface area contributed by atoms with Crippen LogP contribution in [0, 0.1) is 5.41 Å². The third kappa shape index (κ3) is 7.40. The summed E-state index contributed by atoms with van der Waals surface area (Å²) in [4.78, 5) is 40.7. The van der Waals surface area contributed by atoms with Crippen LogP contribution >= 0.6 is 12.4 Å². The molecule has 192 valence electrons. The van der Waals surface area contributed by atoms with Crippen molar-refractivity contribution in [1.29, 1.82) is 0 Å². The quantitative estimate of drug-likeness (QED) is 0.436. The standard InChI is InChI=1S/C26H36N4O4.ClH/c1-26(2,3)25(34)30-12-6-9-22(30)24(33)29-21(23(32)28-16-20(31)15-27)14-17-10-11-18-7-4-5-8-19(18)13-17;/h4-5,7-8,10-11,13,20-22,31H,6,9,12,14-16,27H2,1-3H3,(H,28,32)(H,29,33);1H/t20?,21-,22+;/m1./s1. The Morgan fingerprint density at radius 2 is 1.83 bits per heavy atom. The minimum atomic E-state index is -0.865. The van der Waals surface area contributed by atoms with Gasteiger partial charge >= 0.3 is 0 Å². The molecule has 5 N–H and O–H groups in total. The van der Waals surface area contributed by atoms with Crippen molar-refractivity contribution >= 4 is 40.9 Å². The van der Waals surface area contributed by atoms with E-state index in [1.54, 1.807) is 4.90 Å². The van der Waals surface area contributed by atoms with Crippen LogP contribution < -0.4 is 16.4 Å². The van der Waals surface area contributed by atoms with Gasteiger partial charge in [-0.2, -0.15) is 0 Å². The molecule has 2 aromatic rings. The van der Waals surface area contributed by atoms with E-state index in [1.807, 2.05) is 63.2 Å². The normalized spacial score (nSPS) is 17.4. The summed E-state index contributed by atoms with van der Waals surface area (Å²) in [5, 5.41) is 17.4. The molecule has 1 heterocycles. The molecule has 0 spiro atoms. The largest absolute Gasteiger partial charge is 0.390 e. The first-order valence-electron chi connectivity index (χ1n) is 11.8. The van der Waals surface area contributed by atoms with Gasteiger partial charge in [-0.25, -0.2) is 0 Å². The zero-order chi connectivity index (χ0) is 24.9. The van der Waals surface area contributed by atoms with Crippen LogP contribution in [-0.2, 0) is 20.8 Å². The lowest BCUT2D eigenvalue weighted by atomic mass is 9.94. The number of aliphatic hydroxyl groups is 1. The lowest BCUT2D eigenvalue weighted by Gasteiger charge is -2.31. The minimum Gasteiger partial charge on any atom is -0.390 e. The van der Waals surface area contributed by atoms with Crippen molar-refractivity contribution in [2.24, 2.45) is 11.1 Å². The van der Waals surface area contributed by atoms with Crippen LogP contribution in [0.25, 0.3) is 10.8 Å². The number of benzene rings is 2. The lowest BCUT2D eigenvalue weighted by Crippen LogP contribution is -2.55. The Hall–Kier alpha value is -2.68. The van der Waals surface area contributed by atoms with Crippen molar-refractivity contribution in [2.75, 3.05) is 19.6 Å². The monoisotopic (exact) mass is 504 g/mol. The number of carbonyl (C=O) groups is 3. The van der Waals surface area contributed by atoms with E-state index in [9.17, 15) is 19.5 Å².